The zero-order valence-electron chi connectivity index (χ0n) is 16.2. The molecule has 0 saturated carbocycles. The Morgan fingerprint density at radius 2 is 1.31 bits per heavy atom. The molecule has 6 rings (SSSR count). The highest BCUT2D eigenvalue weighted by Crippen LogP contribution is 2.56. The van der Waals surface area contributed by atoms with Crippen molar-refractivity contribution in [2.45, 2.75) is 13.8 Å². The number of para-hydroxylation sites is 1. The highest BCUT2D eigenvalue weighted by Gasteiger charge is 2.38. The third-order valence-electron chi connectivity index (χ3n) is 6.12. The maximum absolute atomic E-state index is 13.2. The summed E-state index contributed by atoms with van der Waals surface area (Å²) in [5, 5.41) is 0.995. The summed E-state index contributed by atoms with van der Waals surface area (Å²) in [5.74, 6) is 0. The van der Waals surface area contributed by atoms with Crippen molar-refractivity contribution in [3.8, 4) is 0 Å². The number of rotatable bonds is 1. The van der Waals surface area contributed by atoms with Crippen molar-refractivity contribution in [1.82, 2.24) is 0 Å². The van der Waals surface area contributed by atoms with E-state index < -0.39 is 0 Å². The molecule has 0 atom stereocenters. The second-order valence-electron chi connectivity index (χ2n) is 7.80. The smallest absolute Gasteiger partial charge is 0.344 e. The van der Waals surface area contributed by atoms with Crippen molar-refractivity contribution >= 4 is 33.3 Å². The second-order valence-corrected chi connectivity index (χ2v) is 7.80. The molecule has 1 aromatic heterocycles. The molecule has 138 valence electrons. The lowest BCUT2D eigenvalue weighted by Gasteiger charge is -2.11. The Labute approximate surface area is 168 Å². The van der Waals surface area contributed by atoms with E-state index in [4.69, 9.17) is 4.42 Å². The van der Waals surface area contributed by atoms with Crippen LogP contribution in [-0.2, 0) is 0 Å². The lowest BCUT2D eigenvalue weighted by Crippen LogP contribution is -2.08. The van der Waals surface area contributed by atoms with E-state index in [1.807, 2.05) is 24.3 Å². The molecule has 0 N–H and O–H groups in total. The van der Waals surface area contributed by atoms with Crippen LogP contribution in [-0.4, -0.2) is 0 Å². The molecular formula is C27H18O2. The molecule has 3 aromatic carbocycles. The molecular weight excluding hydrogens is 356 g/mol. The van der Waals surface area contributed by atoms with Gasteiger partial charge in [0.1, 0.15) is 5.58 Å². The first-order valence-electron chi connectivity index (χ1n) is 9.84. The van der Waals surface area contributed by atoms with Crippen molar-refractivity contribution in [3.63, 3.8) is 0 Å². The standard InChI is InChI=1S/C27H18O2/c1-15-11-13-17(14-12-15)24-19-8-4-3-7-18(19)22-16(2)23-20-9-5-6-10-21(20)29-27(28)26(23)25(22)24/h3-14H,1-2H3. The Hall–Kier alpha value is -3.65. The van der Waals surface area contributed by atoms with E-state index in [0.717, 1.165) is 38.8 Å². The fourth-order valence-electron chi connectivity index (χ4n) is 4.86. The Balaban J connectivity index is 1.81. The maximum Gasteiger partial charge on any atom is 0.344 e. The molecule has 0 aliphatic heterocycles. The summed E-state index contributed by atoms with van der Waals surface area (Å²) in [6.07, 6.45) is 0. The number of allylic oxidation sites excluding steroid dienone is 3. The minimum atomic E-state index is -0.263. The minimum absolute atomic E-state index is 0.263. The molecule has 0 unspecified atom stereocenters. The van der Waals surface area contributed by atoms with E-state index in [-0.39, 0.29) is 5.63 Å². The fourth-order valence-corrected chi connectivity index (χ4v) is 4.86. The molecule has 0 amide bonds. The van der Waals surface area contributed by atoms with E-state index in [1.165, 1.54) is 16.7 Å². The molecule has 29 heavy (non-hydrogen) atoms. The van der Waals surface area contributed by atoms with Crippen LogP contribution in [0.1, 0.15) is 40.3 Å². The molecule has 2 nitrogen and oxygen atoms in total. The second kappa shape index (κ2) is 5.68. The Bertz CT molecular complexity index is 1460. The summed E-state index contributed by atoms with van der Waals surface area (Å²) < 4.78 is 5.75. The summed E-state index contributed by atoms with van der Waals surface area (Å²) in [5.41, 5.74) is 11.2. The lowest BCUT2D eigenvalue weighted by atomic mass is 9.93. The van der Waals surface area contributed by atoms with Crippen LogP contribution in [0.25, 0.3) is 33.3 Å². The topological polar surface area (TPSA) is 30.2 Å². The van der Waals surface area contributed by atoms with Crippen molar-refractivity contribution in [2.75, 3.05) is 0 Å². The molecule has 0 spiro atoms. The van der Waals surface area contributed by atoms with Crippen molar-refractivity contribution in [2.24, 2.45) is 0 Å². The Morgan fingerprint density at radius 1 is 0.655 bits per heavy atom. The molecule has 2 heteroatoms. The molecule has 1 heterocycles. The van der Waals surface area contributed by atoms with Crippen LogP contribution in [0.15, 0.2) is 82.0 Å². The van der Waals surface area contributed by atoms with Gasteiger partial charge >= 0.3 is 5.63 Å². The summed E-state index contributed by atoms with van der Waals surface area (Å²) in [6, 6.07) is 24.8. The molecule has 2 aliphatic carbocycles. The van der Waals surface area contributed by atoms with E-state index in [2.05, 4.69) is 62.4 Å². The first-order valence-corrected chi connectivity index (χ1v) is 9.84. The minimum Gasteiger partial charge on any atom is -0.422 e. The van der Waals surface area contributed by atoms with Crippen LogP contribution in [0.5, 0.6) is 0 Å². The zero-order valence-corrected chi connectivity index (χ0v) is 16.2. The van der Waals surface area contributed by atoms with Gasteiger partial charge in [-0.1, -0.05) is 72.3 Å². The van der Waals surface area contributed by atoms with Crippen LogP contribution >= 0.6 is 0 Å². The van der Waals surface area contributed by atoms with Gasteiger partial charge in [0.05, 0.1) is 5.56 Å². The van der Waals surface area contributed by atoms with Crippen LogP contribution in [0, 0.1) is 6.92 Å². The summed E-state index contributed by atoms with van der Waals surface area (Å²) >= 11 is 0. The first kappa shape index (κ1) is 16.3. The van der Waals surface area contributed by atoms with Crippen LogP contribution in [0.3, 0.4) is 0 Å². The number of fused-ring (bicyclic) bond motifs is 7. The Kier molecular flexibility index (Phi) is 3.20. The molecule has 0 bridgehead atoms. The molecule has 0 fully saturated rings. The fraction of sp³-hybridized carbons (Fsp3) is 0.0741. The van der Waals surface area contributed by atoms with Gasteiger partial charge in [-0.25, -0.2) is 4.79 Å². The van der Waals surface area contributed by atoms with Gasteiger partial charge in [-0.15, -0.1) is 0 Å². The average Bonchev–Trinajstić information content (AvgIpc) is 3.23. The lowest BCUT2D eigenvalue weighted by molar-refractivity contribution is 0.558. The monoisotopic (exact) mass is 374 g/mol. The van der Waals surface area contributed by atoms with Gasteiger partial charge in [-0.2, -0.15) is 0 Å². The number of hydrogen-bond donors (Lipinski definition) is 0. The predicted molar refractivity (Wildman–Crippen MR) is 119 cm³/mol. The number of aryl methyl sites for hydroxylation is 1. The summed E-state index contributed by atoms with van der Waals surface area (Å²) in [7, 11) is 0. The average molecular weight is 374 g/mol. The van der Waals surface area contributed by atoms with E-state index in [0.29, 0.717) is 11.1 Å². The quantitative estimate of drug-likeness (QED) is 0.365. The van der Waals surface area contributed by atoms with Crippen LogP contribution in [0.4, 0.5) is 0 Å². The normalized spacial score (nSPS) is 14.4. The third-order valence-corrected chi connectivity index (χ3v) is 6.12. The van der Waals surface area contributed by atoms with E-state index in [9.17, 15) is 4.79 Å². The van der Waals surface area contributed by atoms with Gasteiger partial charge in [0.15, 0.2) is 0 Å². The van der Waals surface area contributed by atoms with E-state index in [1.54, 1.807) is 0 Å². The number of benzene rings is 3. The van der Waals surface area contributed by atoms with Gasteiger partial charge in [0, 0.05) is 16.5 Å². The van der Waals surface area contributed by atoms with Gasteiger partial charge in [0.2, 0.25) is 0 Å². The first-order chi connectivity index (χ1) is 14.1. The largest absolute Gasteiger partial charge is 0.422 e. The van der Waals surface area contributed by atoms with Crippen molar-refractivity contribution in [3.05, 3.63) is 117 Å². The highest BCUT2D eigenvalue weighted by atomic mass is 16.4. The third kappa shape index (κ3) is 2.09. The molecule has 4 aromatic rings. The van der Waals surface area contributed by atoms with Crippen LogP contribution in [0.2, 0.25) is 0 Å². The Morgan fingerprint density at radius 3 is 2.07 bits per heavy atom. The van der Waals surface area contributed by atoms with Gasteiger partial charge in [-0.3, -0.25) is 0 Å². The van der Waals surface area contributed by atoms with Gasteiger partial charge in [-0.05, 0) is 53.3 Å². The van der Waals surface area contributed by atoms with E-state index >= 15 is 0 Å². The predicted octanol–water partition coefficient (Wildman–Crippen LogP) is 6.32. The SMILES string of the molecule is CC1=C2C(=C(c3ccc(C)cc3)c3ccccc32)c2c1c1ccccc1oc2=O. The molecule has 0 saturated heterocycles. The van der Waals surface area contributed by atoms with Crippen molar-refractivity contribution in [1.29, 1.82) is 0 Å². The van der Waals surface area contributed by atoms with Gasteiger partial charge < -0.3 is 4.42 Å². The summed E-state index contributed by atoms with van der Waals surface area (Å²) in [4.78, 5) is 13.2. The molecule has 0 radical (unpaired) electrons. The van der Waals surface area contributed by atoms with Gasteiger partial charge in [0.25, 0.3) is 0 Å². The maximum atomic E-state index is 13.2. The summed E-state index contributed by atoms with van der Waals surface area (Å²) in [6.45, 7) is 4.22. The van der Waals surface area contributed by atoms with Crippen molar-refractivity contribution < 1.29 is 4.42 Å². The van der Waals surface area contributed by atoms with Crippen LogP contribution < -0.4 is 5.63 Å². The highest BCUT2D eigenvalue weighted by molar-refractivity contribution is 6.34. The zero-order chi connectivity index (χ0) is 19.7. The molecule has 2 aliphatic rings. The number of hydrogen-bond acceptors (Lipinski definition) is 2.